The van der Waals surface area contributed by atoms with Crippen molar-refractivity contribution in [2.45, 2.75) is 160 Å². The summed E-state index contributed by atoms with van der Waals surface area (Å²) in [6.45, 7) is 3.65. The number of unbranched alkanes of at least 4 members (excludes halogenated alkanes) is 7. The van der Waals surface area contributed by atoms with Crippen molar-refractivity contribution in [3.8, 4) is 0 Å². The molecule has 1 heterocycles. The van der Waals surface area contributed by atoms with E-state index in [-0.39, 0.29) is 19.6 Å². The summed E-state index contributed by atoms with van der Waals surface area (Å²) in [5.41, 5.74) is 0. The Morgan fingerprint density at radius 3 is 1.74 bits per heavy atom. The number of aliphatic hydroxyl groups excluding tert-OH is 3. The molecule has 57 heavy (non-hydrogen) atoms. The quantitative estimate of drug-likeness (QED) is 0.0212. The van der Waals surface area contributed by atoms with E-state index in [9.17, 15) is 28.5 Å². The van der Waals surface area contributed by atoms with Gasteiger partial charge in [-0.3, -0.25) is 9.35 Å². The van der Waals surface area contributed by atoms with Crippen molar-refractivity contribution in [3.63, 3.8) is 0 Å². The topological polar surface area (TPSA) is 178 Å². The smallest absolute Gasteiger partial charge is 0.397 e. The first-order chi connectivity index (χ1) is 27.6. The molecule has 0 radical (unpaired) electrons. The fourth-order valence-electron chi connectivity index (χ4n) is 5.65. The van der Waals surface area contributed by atoms with Gasteiger partial charge in [0.2, 0.25) is 0 Å². The van der Waals surface area contributed by atoms with Crippen LogP contribution in [0.3, 0.4) is 0 Å². The van der Waals surface area contributed by atoms with Crippen LogP contribution in [-0.2, 0) is 38.3 Å². The van der Waals surface area contributed by atoms with Crippen molar-refractivity contribution in [2.24, 2.45) is 0 Å². The Balaban J connectivity index is 2.39. The van der Waals surface area contributed by atoms with Gasteiger partial charge in [-0.25, -0.2) is 4.18 Å². The van der Waals surface area contributed by atoms with E-state index in [2.05, 4.69) is 103 Å². The van der Waals surface area contributed by atoms with E-state index in [0.717, 1.165) is 96.3 Å². The molecule has 1 aliphatic rings. The van der Waals surface area contributed by atoms with Gasteiger partial charge >= 0.3 is 16.4 Å². The number of carbonyl (C=O) groups is 1. The minimum atomic E-state index is -5.06. The molecule has 0 aliphatic carbocycles. The Morgan fingerprint density at radius 2 is 1.21 bits per heavy atom. The fourth-order valence-corrected chi connectivity index (χ4v) is 6.16. The Morgan fingerprint density at radius 1 is 0.684 bits per heavy atom. The van der Waals surface area contributed by atoms with Gasteiger partial charge in [0.1, 0.15) is 30.5 Å². The average molecular weight is 825 g/mol. The van der Waals surface area contributed by atoms with Gasteiger partial charge in [0.15, 0.2) is 6.29 Å². The van der Waals surface area contributed by atoms with Crippen LogP contribution in [0.15, 0.2) is 85.1 Å². The lowest BCUT2D eigenvalue weighted by atomic mass is 9.99. The SMILES string of the molecule is CC/C=C\C/C=C\C/C=C\C/C=C\C/C=C\C/C=C\C/C=C\CCCCOCC(COC1OC(CO)C(O)C(OS(=O)(=O)O)C1O)OC(=O)CCCCCCCC. The summed E-state index contributed by atoms with van der Waals surface area (Å²) in [4.78, 5) is 12.6. The van der Waals surface area contributed by atoms with Gasteiger partial charge in [0, 0.05) is 13.0 Å². The van der Waals surface area contributed by atoms with Crippen molar-refractivity contribution >= 4 is 16.4 Å². The van der Waals surface area contributed by atoms with E-state index < -0.39 is 59.8 Å². The highest BCUT2D eigenvalue weighted by Gasteiger charge is 2.48. The molecule has 13 heteroatoms. The van der Waals surface area contributed by atoms with Gasteiger partial charge < -0.3 is 34.3 Å². The maximum atomic E-state index is 12.6. The van der Waals surface area contributed by atoms with Crippen molar-refractivity contribution in [1.29, 1.82) is 0 Å². The number of ether oxygens (including phenoxy) is 4. The lowest BCUT2D eigenvalue weighted by Crippen LogP contribution is -2.60. The fraction of sp³-hybridized carbons (Fsp3) is 0.659. The summed E-state index contributed by atoms with van der Waals surface area (Å²) in [5, 5.41) is 30.5. The van der Waals surface area contributed by atoms with Crippen molar-refractivity contribution in [3.05, 3.63) is 85.1 Å². The Kier molecular flexibility index (Phi) is 32.3. The molecule has 0 aromatic carbocycles. The van der Waals surface area contributed by atoms with Crippen LogP contribution in [0.25, 0.3) is 0 Å². The molecule has 0 saturated carbocycles. The lowest BCUT2D eigenvalue weighted by molar-refractivity contribution is -0.301. The maximum Gasteiger partial charge on any atom is 0.397 e. The van der Waals surface area contributed by atoms with Crippen LogP contribution in [0.4, 0.5) is 0 Å². The molecule has 0 spiro atoms. The predicted molar refractivity (Wildman–Crippen MR) is 225 cm³/mol. The molecule has 326 valence electrons. The predicted octanol–water partition coefficient (Wildman–Crippen LogP) is 8.12. The van der Waals surface area contributed by atoms with E-state index >= 15 is 0 Å². The zero-order valence-corrected chi connectivity index (χ0v) is 35.2. The van der Waals surface area contributed by atoms with Crippen molar-refractivity contribution in [2.75, 3.05) is 26.4 Å². The number of esters is 1. The molecule has 6 unspecified atom stereocenters. The molecule has 1 aliphatic heterocycles. The van der Waals surface area contributed by atoms with Crippen LogP contribution in [0.2, 0.25) is 0 Å². The monoisotopic (exact) mass is 824 g/mol. The number of aliphatic hydroxyl groups is 3. The van der Waals surface area contributed by atoms with Crippen LogP contribution in [-0.4, -0.2) is 97.5 Å². The largest absolute Gasteiger partial charge is 0.457 e. The molecule has 1 saturated heterocycles. The Hall–Kier alpha value is -2.72. The molecule has 1 fully saturated rings. The standard InChI is InChI=1S/C44H72O12S/c1-3-5-7-9-11-12-13-14-15-16-17-18-19-20-21-22-23-24-25-26-27-28-30-32-34-52-36-38(54-40(46)33-31-29-10-8-6-4-2)37-53-44-42(48)43(56-57(49,50)51)41(47)39(35-45)55-44/h5,7,11-12,14-15,17-18,20-21,23-24,26-27,38-39,41-45,47-48H,3-4,6,8-10,13,16,19,22,25,28-37H2,1-2H3,(H,49,50,51)/b7-5-,12-11-,15-14-,18-17-,21-20-,24-23-,27-26-. The first kappa shape index (κ1) is 52.3. The minimum Gasteiger partial charge on any atom is -0.457 e. The summed E-state index contributed by atoms with van der Waals surface area (Å²) in [6.07, 6.45) is 36.7. The molecular weight excluding hydrogens is 753 g/mol. The number of allylic oxidation sites excluding steroid dienone is 14. The third-order valence-electron chi connectivity index (χ3n) is 8.78. The highest BCUT2D eigenvalue weighted by Crippen LogP contribution is 2.26. The van der Waals surface area contributed by atoms with Gasteiger partial charge in [-0.2, -0.15) is 8.42 Å². The highest BCUT2D eigenvalue weighted by atomic mass is 32.3. The Bertz CT molecular complexity index is 1320. The van der Waals surface area contributed by atoms with Gasteiger partial charge in [0.05, 0.1) is 19.8 Å². The molecule has 12 nitrogen and oxygen atoms in total. The van der Waals surface area contributed by atoms with Crippen LogP contribution in [0.5, 0.6) is 0 Å². The molecule has 4 N–H and O–H groups in total. The second kappa shape index (κ2) is 35.2. The number of hydrogen-bond donors (Lipinski definition) is 4. The van der Waals surface area contributed by atoms with E-state index in [4.69, 9.17) is 23.5 Å². The summed E-state index contributed by atoms with van der Waals surface area (Å²) >= 11 is 0. The second-order valence-electron chi connectivity index (χ2n) is 13.9. The van der Waals surface area contributed by atoms with E-state index in [1.165, 1.54) is 0 Å². The normalized spacial score (nSPS) is 21.5. The average Bonchev–Trinajstić information content (AvgIpc) is 3.18. The third kappa shape index (κ3) is 29.2. The van der Waals surface area contributed by atoms with E-state index in [1.807, 2.05) is 0 Å². The molecular formula is C44H72O12S. The summed E-state index contributed by atoms with van der Waals surface area (Å²) in [7, 11) is -5.06. The minimum absolute atomic E-state index is 0.000575. The maximum absolute atomic E-state index is 12.6. The van der Waals surface area contributed by atoms with E-state index in [0.29, 0.717) is 13.0 Å². The lowest BCUT2D eigenvalue weighted by Gasteiger charge is -2.41. The first-order valence-corrected chi connectivity index (χ1v) is 22.2. The first-order valence-electron chi connectivity index (χ1n) is 20.8. The van der Waals surface area contributed by atoms with E-state index in [1.54, 1.807) is 0 Å². The third-order valence-corrected chi connectivity index (χ3v) is 9.25. The highest BCUT2D eigenvalue weighted by molar-refractivity contribution is 7.80. The summed E-state index contributed by atoms with van der Waals surface area (Å²) < 4.78 is 58.6. The van der Waals surface area contributed by atoms with Crippen molar-refractivity contribution in [1.82, 2.24) is 0 Å². The van der Waals surface area contributed by atoms with Crippen LogP contribution >= 0.6 is 0 Å². The van der Waals surface area contributed by atoms with Crippen LogP contribution in [0.1, 0.15) is 123 Å². The molecule has 1 rings (SSSR count). The Labute approximate surface area is 343 Å². The van der Waals surface area contributed by atoms with Gasteiger partial charge in [0.25, 0.3) is 0 Å². The zero-order valence-electron chi connectivity index (χ0n) is 34.4. The number of hydrogen-bond acceptors (Lipinski definition) is 11. The molecule has 6 atom stereocenters. The summed E-state index contributed by atoms with van der Waals surface area (Å²) in [5.74, 6) is -0.430. The number of rotatable bonds is 34. The number of carbonyl (C=O) groups excluding carboxylic acids is 1. The van der Waals surface area contributed by atoms with Crippen LogP contribution in [0, 0.1) is 0 Å². The second-order valence-corrected chi connectivity index (χ2v) is 14.9. The molecule has 0 aromatic rings. The van der Waals surface area contributed by atoms with Gasteiger partial charge in [-0.1, -0.05) is 131 Å². The van der Waals surface area contributed by atoms with Crippen molar-refractivity contribution < 1.29 is 56.2 Å². The molecule has 0 aromatic heterocycles. The summed E-state index contributed by atoms with van der Waals surface area (Å²) in [6, 6.07) is 0. The van der Waals surface area contributed by atoms with Crippen LogP contribution < -0.4 is 0 Å². The molecule has 0 bridgehead atoms. The van der Waals surface area contributed by atoms with Gasteiger partial charge in [-0.15, -0.1) is 0 Å². The van der Waals surface area contributed by atoms with Gasteiger partial charge in [-0.05, 0) is 70.6 Å². The molecule has 0 amide bonds. The zero-order chi connectivity index (χ0) is 41.8.